The van der Waals surface area contributed by atoms with Gasteiger partial charge in [-0.05, 0) is 32.9 Å². The van der Waals surface area contributed by atoms with Crippen molar-refractivity contribution in [2.45, 2.75) is 57.5 Å². The summed E-state index contributed by atoms with van der Waals surface area (Å²) >= 11 is 0. The number of nitrogens with two attached hydrogens (primary N) is 1. The first kappa shape index (κ1) is 26.9. The maximum Gasteiger partial charge on any atom is 0.459 e. The van der Waals surface area contributed by atoms with E-state index in [9.17, 15) is 14.5 Å². The van der Waals surface area contributed by atoms with E-state index in [-0.39, 0.29) is 22.7 Å². The summed E-state index contributed by atoms with van der Waals surface area (Å²) in [5, 5.41) is 13.0. The first-order chi connectivity index (χ1) is 17.6. The summed E-state index contributed by atoms with van der Waals surface area (Å²) in [5.41, 5.74) is 6.25. The second-order valence-corrected chi connectivity index (χ2v) is 10.3. The van der Waals surface area contributed by atoms with Crippen LogP contribution < -0.4 is 15.3 Å². The maximum absolute atomic E-state index is 15.1. The lowest BCUT2D eigenvalue weighted by Gasteiger charge is -2.25. The van der Waals surface area contributed by atoms with Crippen molar-refractivity contribution in [3.05, 3.63) is 43.0 Å². The number of aliphatic hydroxyl groups is 1. The highest BCUT2D eigenvalue weighted by atomic mass is 31.2. The van der Waals surface area contributed by atoms with Crippen molar-refractivity contribution in [2.24, 2.45) is 0 Å². The second-order valence-electron chi connectivity index (χ2n) is 8.62. The van der Waals surface area contributed by atoms with Crippen LogP contribution in [0.3, 0.4) is 0 Å². The van der Waals surface area contributed by atoms with Gasteiger partial charge in [-0.1, -0.05) is 18.2 Å². The molecule has 0 amide bonds. The van der Waals surface area contributed by atoms with E-state index >= 15 is 4.39 Å². The summed E-state index contributed by atoms with van der Waals surface area (Å²) in [6.45, 7) is 4.24. The third kappa shape index (κ3) is 6.05. The Morgan fingerprint density at radius 3 is 2.70 bits per heavy atom. The number of nitrogen functional groups attached to an aromatic ring is 1. The van der Waals surface area contributed by atoms with Gasteiger partial charge >= 0.3 is 13.7 Å². The topological polar surface area (TPSA) is 173 Å². The maximum atomic E-state index is 15.1. The molecule has 1 saturated heterocycles. The molecule has 1 fully saturated rings. The Labute approximate surface area is 211 Å². The van der Waals surface area contributed by atoms with Gasteiger partial charge in [-0.2, -0.15) is 5.09 Å². The number of nitrogens with one attached hydrogen (secondary N) is 1. The molecule has 0 aliphatic carbocycles. The molecule has 6 atom stereocenters. The summed E-state index contributed by atoms with van der Waals surface area (Å²) in [5.74, 6) is -0.378. The SMILES string of the molecule is CC(C)OC(=O)[C@H](C)N[P@](=O)(OC[C@H]1O[C@@H](n2cnc3c(N)ncnc32)[C@H](F)[C@@H]1O)Oc1ccccc1. The first-order valence-electron chi connectivity index (χ1n) is 11.5. The van der Waals surface area contributed by atoms with Crippen molar-refractivity contribution in [1.29, 1.82) is 0 Å². The Hall–Kier alpha value is -3.16. The molecule has 3 aromatic rings. The van der Waals surface area contributed by atoms with Gasteiger partial charge in [0.1, 0.15) is 35.8 Å². The van der Waals surface area contributed by atoms with Crippen molar-refractivity contribution in [1.82, 2.24) is 24.6 Å². The van der Waals surface area contributed by atoms with Gasteiger partial charge in [-0.25, -0.2) is 23.9 Å². The number of halogens is 1. The molecule has 0 spiro atoms. The molecule has 0 unspecified atom stereocenters. The fourth-order valence-electron chi connectivity index (χ4n) is 3.63. The molecule has 2 aromatic heterocycles. The zero-order valence-corrected chi connectivity index (χ0v) is 21.2. The third-order valence-corrected chi connectivity index (χ3v) is 7.03. The highest BCUT2D eigenvalue weighted by Crippen LogP contribution is 2.46. The summed E-state index contributed by atoms with van der Waals surface area (Å²) in [4.78, 5) is 24.3. The minimum Gasteiger partial charge on any atom is -0.462 e. The molecule has 15 heteroatoms. The van der Waals surface area contributed by atoms with Crippen molar-refractivity contribution >= 4 is 30.7 Å². The van der Waals surface area contributed by atoms with E-state index in [4.69, 9.17) is 24.3 Å². The van der Waals surface area contributed by atoms with E-state index in [1.54, 1.807) is 44.2 Å². The van der Waals surface area contributed by atoms with Gasteiger partial charge in [0.25, 0.3) is 0 Å². The first-order valence-corrected chi connectivity index (χ1v) is 13.0. The van der Waals surface area contributed by atoms with Crippen molar-refractivity contribution in [3.8, 4) is 5.75 Å². The molecular weight excluding hydrogens is 510 g/mol. The lowest BCUT2D eigenvalue weighted by atomic mass is 10.1. The number of aliphatic hydroxyl groups excluding tert-OH is 1. The van der Waals surface area contributed by atoms with E-state index in [0.717, 1.165) is 0 Å². The van der Waals surface area contributed by atoms with Gasteiger partial charge in [0.05, 0.1) is 19.0 Å². The van der Waals surface area contributed by atoms with Crippen LogP contribution in [0.2, 0.25) is 0 Å². The number of rotatable bonds is 10. The van der Waals surface area contributed by atoms with Crippen LogP contribution in [0.5, 0.6) is 5.75 Å². The minimum atomic E-state index is -4.24. The van der Waals surface area contributed by atoms with Crippen molar-refractivity contribution in [2.75, 3.05) is 12.3 Å². The van der Waals surface area contributed by atoms with Crippen LogP contribution in [0.25, 0.3) is 11.2 Å². The number of nitrogens with zero attached hydrogens (tertiary/aromatic N) is 4. The lowest BCUT2D eigenvalue weighted by Crippen LogP contribution is -2.37. The average Bonchev–Trinajstić information content (AvgIpc) is 3.40. The van der Waals surface area contributed by atoms with Crippen molar-refractivity contribution < 1.29 is 37.4 Å². The van der Waals surface area contributed by atoms with Gasteiger partial charge in [0, 0.05) is 0 Å². The summed E-state index contributed by atoms with van der Waals surface area (Å²) in [6, 6.07) is 7.06. The third-order valence-electron chi connectivity index (χ3n) is 5.39. The highest BCUT2D eigenvalue weighted by molar-refractivity contribution is 7.52. The number of ether oxygens (including phenoxy) is 2. The summed E-state index contributed by atoms with van der Waals surface area (Å²) < 4.78 is 51.9. The molecule has 1 aliphatic rings. The molecule has 0 bridgehead atoms. The molecule has 0 saturated carbocycles. The standard InChI is InChI=1S/C22H28FN6O7P/c1-12(2)34-22(31)13(3)28-37(32,36-14-7-5-4-6-8-14)33-9-15-18(30)16(23)21(35-15)29-11-27-17-19(24)25-10-26-20(17)29/h4-8,10-13,15-16,18,21,30H,9H2,1-3H3,(H,28,32)(H2,24,25,26)/t13-,15+,16+,18+,21+,37-/m0/s1. The van der Waals surface area contributed by atoms with Crippen LogP contribution >= 0.6 is 7.75 Å². The minimum absolute atomic E-state index is 0.104. The number of benzene rings is 1. The van der Waals surface area contributed by atoms with E-state index in [1.807, 2.05) is 0 Å². The molecule has 0 radical (unpaired) electrons. The molecular formula is C22H28FN6O7P. The van der Waals surface area contributed by atoms with E-state index in [2.05, 4.69) is 20.0 Å². The van der Waals surface area contributed by atoms with Crippen LogP contribution in [0.1, 0.15) is 27.0 Å². The zero-order valence-electron chi connectivity index (χ0n) is 20.3. The molecule has 3 heterocycles. The quantitative estimate of drug-likeness (QED) is 0.254. The Kier molecular flexibility index (Phi) is 8.05. The monoisotopic (exact) mass is 538 g/mol. The number of aromatic nitrogens is 4. The number of imidazole rings is 1. The van der Waals surface area contributed by atoms with Gasteiger partial charge in [0.2, 0.25) is 0 Å². The van der Waals surface area contributed by atoms with Crippen LogP contribution in [-0.2, 0) is 23.4 Å². The number of hydrogen-bond acceptors (Lipinski definition) is 11. The fraction of sp³-hybridized carbons (Fsp3) is 0.455. The number of hydrogen-bond donors (Lipinski definition) is 3. The Bertz CT molecular complexity index is 1280. The van der Waals surface area contributed by atoms with Crippen molar-refractivity contribution in [3.63, 3.8) is 0 Å². The predicted molar refractivity (Wildman–Crippen MR) is 129 cm³/mol. The molecule has 13 nitrogen and oxygen atoms in total. The summed E-state index contributed by atoms with van der Waals surface area (Å²) in [7, 11) is -4.24. The van der Waals surface area contributed by atoms with Crippen LogP contribution in [0, 0.1) is 0 Å². The molecule has 1 aromatic carbocycles. The highest BCUT2D eigenvalue weighted by Gasteiger charge is 2.47. The smallest absolute Gasteiger partial charge is 0.459 e. The number of carbonyl (C=O) groups is 1. The second kappa shape index (κ2) is 11.1. The summed E-state index contributed by atoms with van der Waals surface area (Å²) in [6.07, 6.45) is -4.03. The fourth-order valence-corrected chi connectivity index (χ4v) is 5.13. The molecule has 200 valence electrons. The van der Waals surface area contributed by atoms with E-state index in [0.29, 0.717) is 0 Å². The van der Waals surface area contributed by atoms with Gasteiger partial charge in [-0.3, -0.25) is 13.9 Å². The largest absolute Gasteiger partial charge is 0.462 e. The zero-order chi connectivity index (χ0) is 26.7. The van der Waals surface area contributed by atoms with Crippen LogP contribution in [0.4, 0.5) is 10.2 Å². The number of alkyl halides is 1. The molecule has 4 N–H and O–H groups in total. The van der Waals surface area contributed by atoms with Gasteiger partial charge in [-0.15, -0.1) is 0 Å². The number of fused-ring (bicyclic) bond motifs is 1. The lowest BCUT2D eigenvalue weighted by molar-refractivity contribution is -0.149. The molecule has 4 rings (SSSR count). The number of para-hydroxylation sites is 1. The predicted octanol–water partition coefficient (Wildman–Crippen LogP) is 2.14. The Morgan fingerprint density at radius 1 is 1.27 bits per heavy atom. The van der Waals surface area contributed by atoms with E-state index < -0.39 is 57.1 Å². The average molecular weight is 538 g/mol. The number of anilines is 1. The van der Waals surface area contributed by atoms with E-state index in [1.165, 1.54) is 24.1 Å². The Balaban J connectivity index is 1.50. The van der Waals surface area contributed by atoms with Crippen LogP contribution in [-0.4, -0.2) is 67.7 Å². The molecule has 37 heavy (non-hydrogen) atoms. The number of esters is 1. The normalized spacial score (nSPS) is 24.2. The van der Waals surface area contributed by atoms with Gasteiger partial charge < -0.3 is 24.8 Å². The number of carbonyl (C=O) groups excluding carboxylic acids is 1. The molecule has 1 aliphatic heterocycles. The Morgan fingerprint density at radius 2 is 2.00 bits per heavy atom. The van der Waals surface area contributed by atoms with Crippen LogP contribution in [0.15, 0.2) is 43.0 Å². The van der Waals surface area contributed by atoms with Gasteiger partial charge in [0.15, 0.2) is 23.9 Å².